The standard InChI is InChI=1S/C36H57NO3/c1-5-32-31-16-15-27-24-29(39)17-19-35(27,4)33(31)18-20-36(32,25(3)38)21-22-40-30-14-10-11-26(23-30)34(6-2)37-28-12-8-7-9-13-28/h10-11,14,23,25,27-28,31-34,37-38H,5-9,12-13,15-22,24H2,1-4H3/t25-,27?,31?,32?,33?,34-,35-,36-/m0/s1. The van der Waals surface area contributed by atoms with E-state index >= 15 is 0 Å². The summed E-state index contributed by atoms with van der Waals surface area (Å²) in [5.74, 6) is 3.88. The fourth-order valence-corrected chi connectivity index (χ4v) is 10.2. The zero-order valence-electron chi connectivity index (χ0n) is 25.9. The number of carbonyl (C=O) groups excluding carboxylic acids is 1. The van der Waals surface area contributed by atoms with Crippen molar-refractivity contribution in [2.24, 2.45) is 34.5 Å². The molecule has 40 heavy (non-hydrogen) atoms. The zero-order valence-corrected chi connectivity index (χ0v) is 25.9. The Bertz CT molecular complexity index is 986. The van der Waals surface area contributed by atoms with Crippen LogP contribution in [-0.4, -0.2) is 29.6 Å². The molecule has 4 saturated carbocycles. The number of benzene rings is 1. The van der Waals surface area contributed by atoms with Gasteiger partial charge in [0.15, 0.2) is 0 Å². The van der Waals surface area contributed by atoms with E-state index in [1.807, 2.05) is 6.92 Å². The third-order valence-corrected chi connectivity index (χ3v) is 12.6. The molecular formula is C36H57NO3. The van der Waals surface area contributed by atoms with Gasteiger partial charge >= 0.3 is 0 Å². The fraction of sp³-hybridized carbons (Fsp3) is 0.806. The predicted octanol–water partition coefficient (Wildman–Crippen LogP) is 8.42. The lowest BCUT2D eigenvalue weighted by molar-refractivity contribution is -0.157. The van der Waals surface area contributed by atoms with Gasteiger partial charge in [0, 0.05) is 30.3 Å². The number of Topliss-reactive ketones (excluding diaryl/α,β-unsaturated/α-hetero) is 1. The molecule has 5 rings (SSSR count). The molecule has 0 heterocycles. The van der Waals surface area contributed by atoms with Gasteiger partial charge in [0.25, 0.3) is 0 Å². The van der Waals surface area contributed by atoms with Crippen molar-refractivity contribution in [2.75, 3.05) is 6.61 Å². The first-order valence-electron chi connectivity index (χ1n) is 17.0. The van der Waals surface area contributed by atoms with Gasteiger partial charge in [-0.2, -0.15) is 0 Å². The van der Waals surface area contributed by atoms with Crippen LogP contribution in [0.25, 0.3) is 0 Å². The highest BCUT2D eigenvalue weighted by Crippen LogP contribution is 2.64. The summed E-state index contributed by atoms with van der Waals surface area (Å²) in [7, 11) is 0. The zero-order chi connectivity index (χ0) is 28.3. The van der Waals surface area contributed by atoms with Crippen molar-refractivity contribution < 1.29 is 14.6 Å². The minimum absolute atomic E-state index is 0.0876. The molecule has 4 fully saturated rings. The molecule has 0 spiro atoms. The monoisotopic (exact) mass is 551 g/mol. The van der Waals surface area contributed by atoms with Crippen LogP contribution < -0.4 is 10.1 Å². The number of fused-ring (bicyclic) bond motifs is 3. The number of carbonyl (C=O) groups is 1. The summed E-state index contributed by atoms with van der Waals surface area (Å²) < 4.78 is 6.48. The first-order valence-corrected chi connectivity index (χ1v) is 17.0. The fourth-order valence-electron chi connectivity index (χ4n) is 10.2. The number of hydrogen-bond donors (Lipinski definition) is 2. The van der Waals surface area contributed by atoms with Crippen molar-refractivity contribution in [1.82, 2.24) is 5.32 Å². The molecule has 4 heteroatoms. The quantitative estimate of drug-likeness (QED) is 0.306. The third-order valence-electron chi connectivity index (χ3n) is 12.6. The lowest BCUT2D eigenvalue weighted by Gasteiger charge is -2.62. The highest BCUT2D eigenvalue weighted by Gasteiger charge is 2.58. The van der Waals surface area contributed by atoms with E-state index < -0.39 is 0 Å². The van der Waals surface area contributed by atoms with E-state index in [1.54, 1.807) is 0 Å². The summed E-state index contributed by atoms with van der Waals surface area (Å²) in [4.78, 5) is 12.3. The number of aliphatic hydroxyl groups is 1. The van der Waals surface area contributed by atoms with Crippen LogP contribution in [0.3, 0.4) is 0 Å². The molecule has 8 atom stereocenters. The average molecular weight is 552 g/mol. The molecule has 0 aromatic heterocycles. The topological polar surface area (TPSA) is 58.6 Å². The molecule has 4 aliphatic rings. The van der Waals surface area contributed by atoms with Crippen LogP contribution in [0.1, 0.15) is 136 Å². The number of hydrogen-bond acceptors (Lipinski definition) is 4. The smallest absolute Gasteiger partial charge is 0.133 e. The summed E-state index contributed by atoms with van der Waals surface area (Å²) in [5, 5.41) is 15.3. The molecule has 1 aromatic rings. The molecule has 0 aliphatic heterocycles. The molecule has 0 saturated heterocycles. The minimum Gasteiger partial charge on any atom is -0.494 e. The number of ketones is 1. The number of rotatable bonds is 10. The molecule has 4 nitrogen and oxygen atoms in total. The molecule has 0 radical (unpaired) electrons. The summed E-state index contributed by atoms with van der Waals surface area (Å²) in [5.41, 5.74) is 1.54. The van der Waals surface area contributed by atoms with Gasteiger partial charge in [0.2, 0.25) is 0 Å². The lowest BCUT2D eigenvalue weighted by Crippen LogP contribution is -2.56. The molecule has 0 amide bonds. The first kappa shape index (κ1) is 30.1. The van der Waals surface area contributed by atoms with E-state index in [-0.39, 0.29) is 11.5 Å². The number of ether oxygens (including phenoxy) is 1. The molecule has 0 bridgehead atoms. The van der Waals surface area contributed by atoms with Gasteiger partial charge in [0.1, 0.15) is 11.5 Å². The van der Waals surface area contributed by atoms with Crippen LogP contribution in [0.5, 0.6) is 5.75 Å². The Morgan fingerprint density at radius 3 is 2.60 bits per heavy atom. The van der Waals surface area contributed by atoms with E-state index in [0.717, 1.165) is 50.7 Å². The Balaban J connectivity index is 1.25. The Hall–Kier alpha value is -1.39. The van der Waals surface area contributed by atoms with Crippen LogP contribution in [0.4, 0.5) is 0 Å². The van der Waals surface area contributed by atoms with Gasteiger partial charge in [-0.1, -0.05) is 58.6 Å². The molecule has 1 aromatic carbocycles. The van der Waals surface area contributed by atoms with Crippen LogP contribution in [-0.2, 0) is 4.79 Å². The number of aliphatic hydroxyl groups excluding tert-OH is 1. The van der Waals surface area contributed by atoms with Gasteiger partial charge in [-0.05, 0) is 111 Å². The molecule has 4 aliphatic carbocycles. The summed E-state index contributed by atoms with van der Waals surface area (Å²) in [6.07, 6.45) is 16.8. The minimum atomic E-state index is -0.337. The Morgan fingerprint density at radius 1 is 1.07 bits per heavy atom. The summed E-state index contributed by atoms with van der Waals surface area (Å²) in [6, 6.07) is 9.77. The largest absolute Gasteiger partial charge is 0.494 e. The van der Waals surface area contributed by atoms with Crippen molar-refractivity contribution in [2.45, 2.75) is 142 Å². The van der Waals surface area contributed by atoms with E-state index in [2.05, 4.69) is 50.4 Å². The molecule has 224 valence electrons. The second-order valence-electron chi connectivity index (χ2n) is 14.4. The average Bonchev–Trinajstić information content (AvgIpc) is 2.96. The normalized spacial score (nSPS) is 36.4. The van der Waals surface area contributed by atoms with Crippen molar-refractivity contribution in [1.29, 1.82) is 0 Å². The van der Waals surface area contributed by atoms with E-state index in [4.69, 9.17) is 4.74 Å². The Morgan fingerprint density at radius 2 is 1.88 bits per heavy atom. The van der Waals surface area contributed by atoms with E-state index in [0.29, 0.717) is 53.6 Å². The Labute approximate surface area is 244 Å². The van der Waals surface area contributed by atoms with Gasteiger partial charge in [-0.25, -0.2) is 0 Å². The Kier molecular flexibility index (Phi) is 9.67. The second kappa shape index (κ2) is 12.9. The number of nitrogens with one attached hydrogen (secondary N) is 1. The van der Waals surface area contributed by atoms with Gasteiger partial charge < -0.3 is 15.2 Å². The predicted molar refractivity (Wildman–Crippen MR) is 163 cm³/mol. The van der Waals surface area contributed by atoms with Crippen LogP contribution in [0.2, 0.25) is 0 Å². The third kappa shape index (κ3) is 5.91. The van der Waals surface area contributed by atoms with Gasteiger partial charge in [-0.3, -0.25) is 4.79 Å². The lowest BCUT2D eigenvalue weighted by atomic mass is 9.43. The molecule has 4 unspecified atom stereocenters. The van der Waals surface area contributed by atoms with Crippen LogP contribution in [0.15, 0.2) is 24.3 Å². The van der Waals surface area contributed by atoms with Gasteiger partial charge in [0.05, 0.1) is 12.7 Å². The first-order chi connectivity index (χ1) is 19.3. The van der Waals surface area contributed by atoms with Crippen molar-refractivity contribution in [3.8, 4) is 5.75 Å². The molecule has 2 N–H and O–H groups in total. The van der Waals surface area contributed by atoms with Crippen molar-refractivity contribution in [3.05, 3.63) is 29.8 Å². The second-order valence-corrected chi connectivity index (χ2v) is 14.4. The highest BCUT2D eigenvalue weighted by molar-refractivity contribution is 5.79. The highest BCUT2D eigenvalue weighted by atomic mass is 16.5. The van der Waals surface area contributed by atoms with Crippen molar-refractivity contribution in [3.63, 3.8) is 0 Å². The van der Waals surface area contributed by atoms with Crippen LogP contribution in [0, 0.1) is 34.5 Å². The van der Waals surface area contributed by atoms with Gasteiger partial charge in [-0.15, -0.1) is 0 Å². The SMILES string of the molecule is CCC1C2CCC3CC(=O)CC[C@]3(C)C2CC[C@]1(CCOc1cccc([C@H](CC)NC2CCCCC2)c1)[C@H](C)O. The molecular weight excluding hydrogens is 494 g/mol. The summed E-state index contributed by atoms with van der Waals surface area (Å²) in [6.45, 7) is 9.83. The maximum atomic E-state index is 12.3. The van der Waals surface area contributed by atoms with Crippen molar-refractivity contribution >= 4 is 5.78 Å². The van der Waals surface area contributed by atoms with E-state index in [9.17, 15) is 9.90 Å². The van der Waals surface area contributed by atoms with E-state index in [1.165, 1.54) is 56.9 Å². The maximum absolute atomic E-state index is 12.3. The maximum Gasteiger partial charge on any atom is 0.133 e. The summed E-state index contributed by atoms with van der Waals surface area (Å²) >= 11 is 0. The van der Waals surface area contributed by atoms with Crippen LogP contribution >= 0.6 is 0 Å².